The predicted octanol–water partition coefficient (Wildman–Crippen LogP) is 9.69. The van der Waals surface area contributed by atoms with Crippen LogP contribution >= 0.6 is 0 Å². The van der Waals surface area contributed by atoms with Gasteiger partial charge in [-0.2, -0.15) is 0 Å². The van der Waals surface area contributed by atoms with Gasteiger partial charge in [-0.25, -0.2) is 0 Å². The molecule has 0 saturated heterocycles. The lowest BCUT2D eigenvalue weighted by Crippen LogP contribution is -2.19. The number of benzene rings is 2. The van der Waals surface area contributed by atoms with Gasteiger partial charge in [0.05, 0.1) is 12.8 Å². The summed E-state index contributed by atoms with van der Waals surface area (Å²) in [6.07, 6.45) is 18.0. The minimum atomic E-state index is -1.07. The molecule has 2 aromatic carbocycles. The molecule has 0 aliphatic heterocycles. The summed E-state index contributed by atoms with van der Waals surface area (Å²) in [6, 6.07) is 12.1. The van der Waals surface area contributed by atoms with Crippen LogP contribution in [-0.4, -0.2) is 29.0 Å². The smallest absolute Gasteiger partial charge is 0.308 e. The minimum absolute atomic E-state index is 0.175. The maximum absolute atomic E-state index is 12.6. The molecule has 0 heterocycles. The predicted molar refractivity (Wildman–Crippen MR) is 196 cm³/mol. The number of rotatable bonds is 14. The first-order valence-corrected chi connectivity index (χ1v) is 16.7. The molecule has 0 aromatic heterocycles. The Hall–Kier alpha value is -5.24. The van der Waals surface area contributed by atoms with Gasteiger partial charge in [-0.05, 0) is 85.9 Å². The highest BCUT2D eigenvalue weighted by atomic mass is 16.5. The molecule has 1 aliphatic rings. The number of carbonyl (C=O) groups is 4. The molecule has 1 aliphatic carbocycles. The molecule has 2 aromatic rings. The largest absolute Gasteiger partial charge is 0.481 e. The summed E-state index contributed by atoms with van der Waals surface area (Å²) in [6.45, 7) is 13.4. The van der Waals surface area contributed by atoms with Crippen LogP contribution in [0.1, 0.15) is 103 Å². The third-order valence-corrected chi connectivity index (χ3v) is 8.15. The van der Waals surface area contributed by atoms with E-state index in [0.717, 1.165) is 23.1 Å². The zero-order valence-electron chi connectivity index (χ0n) is 30.1. The van der Waals surface area contributed by atoms with E-state index in [0.29, 0.717) is 11.1 Å². The van der Waals surface area contributed by atoms with Crippen LogP contribution < -0.4 is 9.47 Å². The number of hydrogen-bond acceptors (Lipinski definition) is 7. The molecular formula is C42H48O8. The van der Waals surface area contributed by atoms with Crippen molar-refractivity contribution in [1.82, 2.24) is 0 Å². The highest BCUT2D eigenvalue weighted by Gasteiger charge is 2.26. The average molecular weight is 681 g/mol. The lowest BCUT2D eigenvalue weighted by Gasteiger charge is -2.32. The number of carboxylic acids is 1. The van der Waals surface area contributed by atoms with Crippen LogP contribution in [0.2, 0.25) is 0 Å². The van der Waals surface area contributed by atoms with E-state index in [1.54, 1.807) is 18.2 Å². The Balaban J connectivity index is 1.81. The highest BCUT2D eigenvalue weighted by molar-refractivity contribution is 5.77. The lowest BCUT2D eigenvalue weighted by molar-refractivity contribution is -0.150. The van der Waals surface area contributed by atoms with E-state index in [1.807, 2.05) is 61.6 Å². The van der Waals surface area contributed by atoms with E-state index in [9.17, 15) is 19.2 Å². The number of ether oxygens (including phenoxy) is 3. The minimum Gasteiger partial charge on any atom is -0.481 e. The van der Waals surface area contributed by atoms with Crippen LogP contribution in [0.5, 0.6) is 11.5 Å². The van der Waals surface area contributed by atoms with Crippen LogP contribution in [0.15, 0.2) is 101 Å². The zero-order valence-corrected chi connectivity index (χ0v) is 30.1. The van der Waals surface area contributed by atoms with Gasteiger partial charge in [0, 0.05) is 19.9 Å². The van der Waals surface area contributed by atoms with Crippen molar-refractivity contribution in [1.29, 1.82) is 0 Å². The van der Waals surface area contributed by atoms with Crippen LogP contribution in [0, 0.1) is 5.41 Å². The monoisotopic (exact) mass is 680 g/mol. The Bertz CT molecular complexity index is 1710. The molecule has 8 nitrogen and oxygen atoms in total. The van der Waals surface area contributed by atoms with Crippen molar-refractivity contribution in [2.45, 2.75) is 86.7 Å². The second-order valence-corrected chi connectivity index (χ2v) is 13.2. The molecule has 0 spiro atoms. The first-order chi connectivity index (χ1) is 23.6. The Morgan fingerprint density at radius 2 is 1.44 bits per heavy atom. The van der Waals surface area contributed by atoms with Gasteiger partial charge in [0.1, 0.15) is 17.6 Å². The Kier molecular flexibility index (Phi) is 14.5. The van der Waals surface area contributed by atoms with Crippen LogP contribution in [0.3, 0.4) is 0 Å². The first-order valence-electron chi connectivity index (χ1n) is 16.7. The van der Waals surface area contributed by atoms with E-state index < -0.39 is 30.0 Å². The molecule has 3 rings (SSSR count). The number of aliphatic carboxylic acids is 1. The van der Waals surface area contributed by atoms with Gasteiger partial charge in [0.15, 0.2) is 0 Å². The third kappa shape index (κ3) is 13.3. The molecule has 50 heavy (non-hydrogen) atoms. The standard InChI is InChI=1S/C42H48O8/c1-28(13-20-38-30(3)12-9-23-42(38,6)7)10-8-11-29(2)24-39(50-41(47)22-21-40(45)46)35-18-16-33(17-19-35)14-15-34-25-36(48-31(4)43)27-37(26-34)49-32(5)44/h8,10-11,13-20,24-27,39H,9,12,21-23H2,1-7H3,(H,45,46)/b11-8+,15-14+,20-13+,28-10-,29-24-. The third-order valence-electron chi connectivity index (χ3n) is 8.15. The molecule has 0 bridgehead atoms. The quantitative estimate of drug-likeness (QED) is 0.0908. The summed E-state index contributed by atoms with van der Waals surface area (Å²) >= 11 is 0. The summed E-state index contributed by atoms with van der Waals surface area (Å²) in [5, 5.41) is 9.03. The topological polar surface area (TPSA) is 116 Å². The van der Waals surface area contributed by atoms with Crippen LogP contribution in [0.25, 0.3) is 12.2 Å². The van der Waals surface area contributed by atoms with Crippen molar-refractivity contribution in [2.75, 3.05) is 0 Å². The molecule has 1 atom stereocenters. The summed E-state index contributed by atoms with van der Waals surface area (Å²) in [5.41, 5.74) is 7.19. The van der Waals surface area contributed by atoms with Crippen molar-refractivity contribution in [3.05, 3.63) is 118 Å². The summed E-state index contributed by atoms with van der Waals surface area (Å²) in [7, 11) is 0. The SMILES string of the molecule is CC(=O)Oc1cc(/C=C/c2ccc(C(\C=C(C)/C=C/C=C(C)\C=C\C3=C(C)CCCC3(C)C)OC(=O)CCC(=O)O)cc2)cc(OC(C)=O)c1. The van der Waals surface area contributed by atoms with Crippen molar-refractivity contribution >= 4 is 36.0 Å². The van der Waals surface area contributed by atoms with Crippen molar-refractivity contribution < 1.29 is 38.5 Å². The number of hydrogen-bond donors (Lipinski definition) is 1. The fraction of sp³-hybridized carbons (Fsp3) is 0.333. The molecule has 1 N–H and O–H groups in total. The summed E-state index contributed by atoms with van der Waals surface area (Å²) in [5.74, 6) is -2.19. The van der Waals surface area contributed by atoms with E-state index >= 15 is 0 Å². The molecule has 0 fully saturated rings. The van der Waals surface area contributed by atoms with Gasteiger partial charge in [-0.15, -0.1) is 0 Å². The molecule has 8 heteroatoms. The molecule has 0 radical (unpaired) electrons. The molecule has 1 unspecified atom stereocenters. The normalized spacial score (nSPS) is 15.8. The fourth-order valence-electron chi connectivity index (χ4n) is 5.66. The van der Waals surface area contributed by atoms with Gasteiger partial charge in [-0.3, -0.25) is 19.2 Å². The Labute approximate surface area is 295 Å². The molecule has 264 valence electrons. The van der Waals surface area contributed by atoms with Gasteiger partial charge >= 0.3 is 23.9 Å². The number of carbonyl (C=O) groups excluding carboxylic acids is 3. The van der Waals surface area contributed by atoms with Crippen molar-refractivity contribution in [3.63, 3.8) is 0 Å². The maximum atomic E-state index is 12.6. The van der Waals surface area contributed by atoms with Crippen LogP contribution in [-0.2, 0) is 23.9 Å². The van der Waals surface area contributed by atoms with Crippen molar-refractivity contribution in [3.8, 4) is 11.5 Å². The second kappa shape index (κ2) is 18.5. The number of allylic oxidation sites excluding steroid dienone is 9. The molecule has 0 saturated carbocycles. The van der Waals surface area contributed by atoms with Crippen molar-refractivity contribution in [2.24, 2.45) is 5.41 Å². The van der Waals surface area contributed by atoms with E-state index in [2.05, 4.69) is 39.8 Å². The molecular weight excluding hydrogens is 632 g/mol. The average Bonchev–Trinajstić information content (AvgIpc) is 3.01. The van der Waals surface area contributed by atoms with Crippen LogP contribution in [0.4, 0.5) is 0 Å². The van der Waals surface area contributed by atoms with Gasteiger partial charge in [0.2, 0.25) is 0 Å². The van der Waals surface area contributed by atoms with Gasteiger partial charge in [0.25, 0.3) is 0 Å². The van der Waals surface area contributed by atoms with E-state index in [1.165, 1.54) is 43.9 Å². The summed E-state index contributed by atoms with van der Waals surface area (Å²) < 4.78 is 16.1. The zero-order chi connectivity index (χ0) is 36.8. The van der Waals surface area contributed by atoms with E-state index in [-0.39, 0.29) is 29.8 Å². The molecule has 0 amide bonds. The Morgan fingerprint density at radius 3 is 2.02 bits per heavy atom. The summed E-state index contributed by atoms with van der Waals surface area (Å²) in [4.78, 5) is 46.6. The lowest BCUT2D eigenvalue weighted by atomic mass is 9.72. The fourth-order valence-corrected chi connectivity index (χ4v) is 5.66. The number of esters is 3. The van der Waals surface area contributed by atoms with Gasteiger partial charge < -0.3 is 19.3 Å². The maximum Gasteiger partial charge on any atom is 0.308 e. The second-order valence-electron chi connectivity index (χ2n) is 13.2. The first kappa shape index (κ1) is 39.2. The highest BCUT2D eigenvalue weighted by Crippen LogP contribution is 2.40. The number of carboxylic acid groups (broad SMARTS) is 1. The van der Waals surface area contributed by atoms with Gasteiger partial charge in [-0.1, -0.05) is 97.4 Å². The Morgan fingerprint density at radius 1 is 0.820 bits per heavy atom. The van der Waals surface area contributed by atoms with E-state index in [4.69, 9.17) is 19.3 Å².